The maximum absolute atomic E-state index is 12.6. The molecule has 0 aromatic carbocycles. The van der Waals surface area contributed by atoms with E-state index in [1.807, 2.05) is 26.0 Å². The quantitative estimate of drug-likeness (QED) is 0.761. The topological polar surface area (TPSA) is 39.2 Å². The summed E-state index contributed by atoms with van der Waals surface area (Å²) in [5.41, 5.74) is 1.61. The van der Waals surface area contributed by atoms with Gasteiger partial charge in [-0.25, -0.2) is 0 Å². The van der Waals surface area contributed by atoms with Gasteiger partial charge in [0.2, 0.25) is 0 Å². The van der Waals surface area contributed by atoms with Crippen LogP contribution in [0, 0.1) is 12.8 Å². The fourth-order valence-electron chi connectivity index (χ4n) is 2.82. The molecule has 0 saturated heterocycles. The van der Waals surface area contributed by atoms with E-state index < -0.39 is 0 Å². The Morgan fingerprint density at radius 3 is 2.68 bits per heavy atom. The highest BCUT2D eigenvalue weighted by molar-refractivity contribution is 5.99. The first-order chi connectivity index (χ1) is 9.22. The number of ether oxygens (including phenoxy) is 1. The van der Waals surface area contributed by atoms with Gasteiger partial charge in [-0.15, -0.1) is 0 Å². The third-order valence-electron chi connectivity index (χ3n) is 3.88. The summed E-state index contributed by atoms with van der Waals surface area (Å²) >= 11 is 0. The van der Waals surface area contributed by atoms with Crippen LogP contribution in [0.1, 0.15) is 55.1 Å². The molecule has 1 unspecified atom stereocenters. The molecule has 0 aliphatic heterocycles. The Labute approximate surface area is 115 Å². The number of aryl methyl sites for hydroxylation is 1. The maximum atomic E-state index is 12.6. The van der Waals surface area contributed by atoms with Crippen LogP contribution in [0.2, 0.25) is 0 Å². The average molecular weight is 261 g/mol. The Balaban J connectivity index is 2.13. The van der Waals surface area contributed by atoms with Crippen LogP contribution < -0.4 is 0 Å². The molecule has 19 heavy (non-hydrogen) atoms. The second kappa shape index (κ2) is 6.80. The summed E-state index contributed by atoms with van der Waals surface area (Å²) in [5, 5.41) is 0. The van der Waals surface area contributed by atoms with E-state index >= 15 is 0 Å². The molecule has 0 N–H and O–H groups in total. The van der Waals surface area contributed by atoms with Crippen molar-refractivity contribution in [1.82, 2.24) is 4.98 Å². The van der Waals surface area contributed by atoms with Gasteiger partial charge in [0.1, 0.15) is 6.10 Å². The van der Waals surface area contributed by atoms with Gasteiger partial charge in [0.25, 0.3) is 0 Å². The van der Waals surface area contributed by atoms with Crippen molar-refractivity contribution in [3.8, 4) is 0 Å². The van der Waals surface area contributed by atoms with Crippen LogP contribution >= 0.6 is 0 Å². The molecule has 2 rings (SSSR count). The summed E-state index contributed by atoms with van der Waals surface area (Å²) in [7, 11) is 0. The minimum Gasteiger partial charge on any atom is -0.370 e. The molecule has 1 heterocycles. The van der Waals surface area contributed by atoms with Gasteiger partial charge < -0.3 is 4.74 Å². The number of hydrogen-bond donors (Lipinski definition) is 0. The van der Waals surface area contributed by atoms with Gasteiger partial charge in [-0.1, -0.05) is 19.3 Å². The zero-order valence-corrected chi connectivity index (χ0v) is 11.9. The molecule has 0 amide bonds. The zero-order chi connectivity index (χ0) is 13.7. The third kappa shape index (κ3) is 3.63. The largest absolute Gasteiger partial charge is 0.370 e. The van der Waals surface area contributed by atoms with E-state index in [0.717, 1.165) is 18.5 Å². The Bertz CT molecular complexity index is 407. The lowest BCUT2D eigenvalue weighted by molar-refractivity contribution is 0.0126. The van der Waals surface area contributed by atoms with Crippen molar-refractivity contribution < 1.29 is 9.53 Å². The molecule has 0 bridgehead atoms. The number of nitrogens with zero attached hydrogens (tertiary/aromatic N) is 1. The smallest absolute Gasteiger partial charge is 0.193 e. The first kappa shape index (κ1) is 14.2. The van der Waals surface area contributed by atoms with E-state index in [0.29, 0.717) is 18.1 Å². The molecular formula is C16H23NO2. The van der Waals surface area contributed by atoms with Crippen molar-refractivity contribution >= 4 is 5.78 Å². The molecule has 1 aromatic heterocycles. The lowest BCUT2D eigenvalue weighted by atomic mass is 9.82. The number of carbonyl (C=O) groups is 1. The Morgan fingerprint density at radius 1 is 1.37 bits per heavy atom. The van der Waals surface area contributed by atoms with Gasteiger partial charge in [-0.2, -0.15) is 0 Å². The Hall–Kier alpha value is -1.22. The van der Waals surface area contributed by atoms with Crippen molar-refractivity contribution in [2.24, 2.45) is 5.92 Å². The second-order valence-corrected chi connectivity index (χ2v) is 5.33. The number of ketones is 1. The van der Waals surface area contributed by atoms with Crippen molar-refractivity contribution in [3.63, 3.8) is 0 Å². The fraction of sp³-hybridized carbons (Fsp3) is 0.625. The lowest BCUT2D eigenvalue weighted by Gasteiger charge is -2.29. The van der Waals surface area contributed by atoms with Crippen LogP contribution in [0.5, 0.6) is 0 Å². The van der Waals surface area contributed by atoms with Crippen LogP contribution in [0.4, 0.5) is 0 Å². The van der Waals surface area contributed by atoms with E-state index in [1.54, 1.807) is 6.20 Å². The zero-order valence-electron chi connectivity index (χ0n) is 11.9. The molecule has 1 aliphatic rings. The Kier molecular flexibility index (Phi) is 5.08. The van der Waals surface area contributed by atoms with Crippen LogP contribution in [-0.4, -0.2) is 23.5 Å². The van der Waals surface area contributed by atoms with Gasteiger partial charge in [0, 0.05) is 24.1 Å². The van der Waals surface area contributed by atoms with Gasteiger partial charge in [-0.3, -0.25) is 9.78 Å². The third-order valence-corrected chi connectivity index (χ3v) is 3.88. The SMILES string of the molecule is CCOC(C(=O)c1ccc(C)nc1)C1CCCCC1. The van der Waals surface area contributed by atoms with Gasteiger partial charge >= 0.3 is 0 Å². The number of carbonyl (C=O) groups excluding carboxylic acids is 1. The molecule has 0 spiro atoms. The average Bonchev–Trinajstić information content (AvgIpc) is 2.46. The monoisotopic (exact) mass is 261 g/mol. The first-order valence-electron chi connectivity index (χ1n) is 7.31. The second-order valence-electron chi connectivity index (χ2n) is 5.33. The van der Waals surface area contributed by atoms with Crippen LogP contribution in [0.3, 0.4) is 0 Å². The number of rotatable bonds is 5. The van der Waals surface area contributed by atoms with Crippen molar-refractivity contribution in [3.05, 3.63) is 29.6 Å². The molecular weight excluding hydrogens is 238 g/mol. The number of pyridine rings is 1. The molecule has 1 atom stereocenters. The highest BCUT2D eigenvalue weighted by atomic mass is 16.5. The van der Waals surface area contributed by atoms with Crippen LogP contribution in [0.15, 0.2) is 18.3 Å². The minimum atomic E-state index is -0.283. The molecule has 1 aliphatic carbocycles. The summed E-state index contributed by atoms with van der Waals surface area (Å²) in [6, 6.07) is 3.75. The fourth-order valence-corrected chi connectivity index (χ4v) is 2.82. The highest BCUT2D eigenvalue weighted by Gasteiger charge is 2.30. The molecule has 0 radical (unpaired) electrons. The molecule has 1 saturated carbocycles. The summed E-state index contributed by atoms with van der Waals surface area (Å²) in [5.74, 6) is 0.476. The van der Waals surface area contributed by atoms with E-state index in [-0.39, 0.29) is 11.9 Å². The number of Topliss-reactive ketones (excluding diaryl/α,β-unsaturated/α-hetero) is 1. The van der Waals surface area contributed by atoms with Crippen LogP contribution in [-0.2, 0) is 4.74 Å². The molecule has 3 heteroatoms. The van der Waals surface area contributed by atoms with E-state index in [4.69, 9.17) is 4.74 Å². The van der Waals surface area contributed by atoms with Gasteiger partial charge in [0.05, 0.1) is 0 Å². The minimum absolute atomic E-state index is 0.0984. The van der Waals surface area contributed by atoms with E-state index in [1.165, 1.54) is 19.3 Å². The van der Waals surface area contributed by atoms with E-state index in [2.05, 4.69) is 4.98 Å². The summed E-state index contributed by atoms with van der Waals surface area (Å²) in [6.45, 7) is 4.47. The predicted octanol–water partition coefficient (Wildman–Crippen LogP) is 3.56. The number of hydrogen-bond acceptors (Lipinski definition) is 3. The van der Waals surface area contributed by atoms with Crippen molar-refractivity contribution in [2.75, 3.05) is 6.61 Å². The van der Waals surface area contributed by atoms with Crippen LogP contribution in [0.25, 0.3) is 0 Å². The standard InChI is InChI=1S/C16H23NO2/c1-3-19-16(13-7-5-4-6-8-13)15(18)14-10-9-12(2)17-11-14/h9-11,13,16H,3-8H2,1-2H3. The summed E-state index contributed by atoms with van der Waals surface area (Å²) < 4.78 is 5.75. The predicted molar refractivity (Wildman–Crippen MR) is 75.3 cm³/mol. The molecule has 3 nitrogen and oxygen atoms in total. The summed E-state index contributed by atoms with van der Waals surface area (Å²) in [6.07, 6.45) is 7.32. The Morgan fingerprint density at radius 2 is 2.11 bits per heavy atom. The van der Waals surface area contributed by atoms with Crippen molar-refractivity contribution in [2.45, 2.75) is 52.1 Å². The van der Waals surface area contributed by atoms with Crippen molar-refractivity contribution in [1.29, 1.82) is 0 Å². The first-order valence-corrected chi connectivity index (χ1v) is 7.31. The normalized spacial score (nSPS) is 18.2. The highest BCUT2D eigenvalue weighted by Crippen LogP contribution is 2.29. The lowest BCUT2D eigenvalue weighted by Crippen LogP contribution is -2.34. The number of aromatic nitrogens is 1. The maximum Gasteiger partial charge on any atom is 0.193 e. The van der Waals surface area contributed by atoms with Gasteiger partial charge in [0.15, 0.2) is 5.78 Å². The molecule has 1 fully saturated rings. The molecule has 104 valence electrons. The van der Waals surface area contributed by atoms with Gasteiger partial charge in [-0.05, 0) is 44.7 Å². The summed E-state index contributed by atoms with van der Waals surface area (Å²) in [4.78, 5) is 16.8. The molecule has 1 aromatic rings. The van der Waals surface area contributed by atoms with E-state index in [9.17, 15) is 4.79 Å².